The Balaban J connectivity index is 1.32. The zero-order valence-corrected chi connectivity index (χ0v) is 20.7. The van der Waals surface area contributed by atoms with Crippen molar-refractivity contribution in [1.82, 2.24) is 24.5 Å². The molecule has 1 amide bonds. The molecule has 0 atom stereocenters. The number of hydrogen-bond acceptors (Lipinski definition) is 6. The fraction of sp³-hybridized carbons (Fsp3) is 0.333. The highest BCUT2D eigenvalue weighted by atomic mass is 16.5. The molecule has 0 saturated carbocycles. The Morgan fingerprint density at radius 2 is 1.74 bits per heavy atom. The average molecular weight is 471 g/mol. The zero-order chi connectivity index (χ0) is 24.5. The molecule has 0 unspecified atom stereocenters. The van der Waals surface area contributed by atoms with Gasteiger partial charge in [-0.15, -0.1) is 5.10 Å². The van der Waals surface area contributed by atoms with Crippen LogP contribution in [-0.4, -0.2) is 63.7 Å². The molecule has 0 aliphatic carbocycles. The molecule has 5 rings (SSSR count). The molecule has 4 aromatic rings. The molecule has 0 radical (unpaired) electrons. The Morgan fingerprint density at radius 3 is 2.49 bits per heavy atom. The lowest BCUT2D eigenvalue weighted by Crippen LogP contribution is -2.49. The van der Waals surface area contributed by atoms with Gasteiger partial charge in [-0.05, 0) is 39.0 Å². The van der Waals surface area contributed by atoms with E-state index < -0.39 is 0 Å². The smallest absolute Gasteiger partial charge is 0.253 e. The summed E-state index contributed by atoms with van der Waals surface area (Å²) in [5.41, 5.74) is 5.81. The number of ether oxygens (including phenoxy) is 1. The van der Waals surface area contributed by atoms with E-state index in [0.29, 0.717) is 31.1 Å². The van der Waals surface area contributed by atoms with Gasteiger partial charge in [0.2, 0.25) is 5.91 Å². The molecule has 1 saturated heterocycles. The highest BCUT2D eigenvalue weighted by Gasteiger charge is 2.25. The van der Waals surface area contributed by atoms with Gasteiger partial charge in [0.15, 0.2) is 5.82 Å². The topological polar surface area (TPSA) is 75.9 Å². The maximum absolute atomic E-state index is 13.2. The number of hydrogen-bond donors (Lipinski definition) is 0. The summed E-state index contributed by atoms with van der Waals surface area (Å²) in [6.07, 6.45) is 0.300. The van der Waals surface area contributed by atoms with E-state index in [2.05, 4.69) is 27.0 Å². The number of carbonyl (C=O) groups excluding carboxylic acids is 1. The first-order valence-corrected chi connectivity index (χ1v) is 11.9. The number of carbonyl (C=O) groups is 1. The number of piperazine rings is 1. The second-order valence-corrected chi connectivity index (χ2v) is 8.99. The largest absolute Gasteiger partial charge is 0.495 e. The third-order valence-electron chi connectivity index (χ3n) is 6.71. The second-order valence-electron chi connectivity index (χ2n) is 8.99. The molecule has 1 aliphatic rings. The number of anilines is 1. The van der Waals surface area contributed by atoms with Crippen molar-refractivity contribution in [3.05, 3.63) is 71.0 Å². The van der Waals surface area contributed by atoms with Crippen LogP contribution in [0.2, 0.25) is 0 Å². The van der Waals surface area contributed by atoms with Crippen molar-refractivity contribution in [2.24, 2.45) is 0 Å². The molecular formula is C27H30N6O2. The predicted molar refractivity (Wildman–Crippen MR) is 136 cm³/mol. The molecule has 1 fully saturated rings. The van der Waals surface area contributed by atoms with Crippen molar-refractivity contribution in [2.45, 2.75) is 27.2 Å². The Kier molecular flexibility index (Phi) is 6.11. The van der Waals surface area contributed by atoms with Crippen LogP contribution >= 0.6 is 0 Å². The molecule has 35 heavy (non-hydrogen) atoms. The third-order valence-corrected chi connectivity index (χ3v) is 6.71. The van der Waals surface area contributed by atoms with E-state index in [-0.39, 0.29) is 5.91 Å². The summed E-state index contributed by atoms with van der Waals surface area (Å²) in [5, 5.41) is 4.70. The molecule has 0 N–H and O–H groups in total. The van der Waals surface area contributed by atoms with E-state index in [4.69, 9.17) is 9.84 Å². The SMILES string of the molecule is COc1ccccc1N1CCN(C(=O)Cc2c(C)nc3nc(-c4cccc(C)c4)nn3c2C)CC1. The molecule has 1 aliphatic heterocycles. The number of fused-ring (bicyclic) bond motifs is 1. The predicted octanol–water partition coefficient (Wildman–Crippen LogP) is 3.62. The van der Waals surface area contributed by atoms with Crippen LogP contribution in [0.15, 0.2) is 48.5 Å². The van der Waals surface area contributed by atoms with E-state index in [0.717, 1.165) is 52.6 Å². The molecule has 3 heterocycles. The van der Waals surface area contributed by atoms with Gasteiger partial charge < -0.3 is 14.5 Å². The Bertz CT molecular complexity index is 1390. The molecule has 2 aromatic carbocycles. The minimum absolute atomic E-state index is 0.107. The standard InChI is InChI=1S/C27H30N6O2/c1-18-8-7-9-21(16-18)26-29-27-28-19(2)22(20(3)33(27)30-26)17-25(34)32-14-12-31(13-15-32)23-10-5-6-11-24(23)35-4/h5-11,16H,12-15,17H2,1-4H3. The van der Waals surface area contributed by atoms with Crippen molar-refractivity contribution < 1.29 is 9.53 Å². The van der Waals surface area contributed by atoms with E-state index >= 15 is 0 Å². The number of benzene rings is 2. The summed E-state index contributed by atoms with van der Waals surface area (Å²) in [6.45, 7) is 8.85. The average Bonchev–Trinajstić information content (AvgIpc) is 3.31. The molecule has 2 aromatic heterocycles. The molecule has 8 heteroatoms. The monoisotopic (exact) mass is 470 g/mol. The number of rotatable bonds is 5. The van der Waals surface area contributed by atoms with Gasteiger partial charge in [-0.2, -0.15) is 4.98 Å². The van der Waals surface area contributed by atoms with Crippen LogP contribution in [0, 0.1) is 20.8 Å². The van der Waals surface area contributed by atoms with E-state index in [1.165, 1.54) is 0 Å². The van der Waals surface area contributed by atoms with Crippen molar-refractivity contribution in [1.29, 1.82) is 0 Å². The number of para-hydroxylation sites is 2. The van der Waals surface area contributed by atoms with Gasteiger partial charge in [0.25, 0.3) is 5.78 Å². The summed E-state index contributed by atoms with van der Waals surface area (Å²) < 4.78 is 7.26. The fourth-order valence-corrected chi connectivity index (χ4v) is 4.72. The van der Waals surface area contributed by atoms with Crippen LogP contribution in [0.3, 0.4) is 0 Å². The highest BCUT2D eigenvalue weighted by molar-refractivity contribution is 5.80. The number of amides is 1. The normalized spacial score (nSPS) is 13.9. The van der Waals surface area contributed by atoms with E-state index in [1.807, 2.05) is 62.1 Å². The van der Waals surface area contributed by atoms with Gasteiger partial charge in [0.1, 0.15) is 5.75 Å². The third kappa shape index (κ3) is 4.43. The molecular weight excluding hydrogens is 440 g/mol. The van der Waals surface area contributed by atoms with Crippen molar-refractivity contribution >= 4 is 17.4 Å². The number of aryl methyl sites for hydroxylation is 3. The molecule has 0 spiro atoms. The second kappa shape index (κ2) is 9.37. The summed E-state index contributed by atoms with van der Waals surface area (Å²) in [5.74, 6) is 2.16. The number of aromatic nitrogens is 4. The maximum atomic E-state index is 13.2. The number of nitrogens with zero attached hydrogens (tertiary/aromatic N) is 6. The summed E-state index contributed by atoms with van der Waals surface area (Å²) in [6, 6.07) is 16.1. The van der Waals surface area contributed by atoms with Gasteiger partial charge in [0, 0.05) is 48.7 Å². The van der Waals surface area contributed by atoms with Gasteiger partial charge in [-0.25, -0.2) is 9.50 Å². The van der Waals surface area contributed by atoms with Gasteiger partial charge in [-0.3, -0.25) is 4.79 Å². The summed E-state index contributed by atoms with van der Waals surface area (Å²) in [7, 11) is 1.69. The van der Waals surface area contributed by atoms with E-state index in [9.17, 15) is 4.79 Å². The van der Waals surface area contributed by atoms with Gasteiger partial charge in [-0.1, -0.05) is 35.9 Å². The minimum Gasteiger partial charge on any atom is -0.495 e. The first-order chi connectivity index (χ1) is 16.9. The lowest BCUT2D eigenvalue weighted by atomic mass is 10.1. The Morgan fingerprint density at radius 1 is 0.971 bits per heavy atom. The highest BCUT2D eigenvalue weighted by Crippen LogP contribution is 2.28. The van der Waals surface area contributed by atoms with Crippen LogP contribution in [0.4, 0.5) is 5.69 Å². The van der Waals surface area contributed by atoms with Crippen molar-refractivity contribution in [3.63, 3.8) is 0 Å². The van der Waals surface area contributed by atoms with Crippen molar-refractivity contribution in [3.8, 4) is 17.1 Å². The Hall–Kier alpha value is -3.94. The maximum Gasteiger partial charge on any atom is 0.253 e. The minimum atomic E-state index is 0.107. The van der Waals surface area contributed by atoms with Gasteiger partial charge in [0.05, 0.1) is 19.2 Å². The summed E-state index contributed by atoms with van der Waals surface area (Å²) in [4.78, 5) is 26.8. The van der Waals surface area contributed by atoms with Gasteiger partial charge >= 0.3 is 0 Å². The number of methoxy groups -OCH3 is 1. The zero-order valence-electron chi connectivity index (χ0n) is 20.7. The first-order valence-electron chi connectivity index (χ1n) is 11.9. The van der Waals surface area contributed by atoms with Crippen LogP contribution in [0.1, 0.15) is 22.5 Å². The van der Waals surface area contributed by atoms with Crippen LogP contribution in [0.5, 0.6) is 5.75 Å². The lowest BCUT2D eigenvalue weighted by molar-refractivity contribution is -0.130. The van der Waals surface area contributed by atoms with Crippen LogP contribution in [-0.2, 0) is 11.2 Å². The molecule has 0 bridgehead atoms. The fourth-order valence-electron chi connectivity index (χ4n) is 4.72. The molecule has 180 valence electrons. The van der Waals surface area contributed by atoms with E-state index in [1.54, 1.807) is 11.6 Å². The van der Waals surface area contributed by atoms with Crippen molar-refractivity contribution in [2.75, 3.05) is 38.2 Å². The first kappa shape index (κ1) is 22.8. The van der Waals surface area contributed by atoms with Crippen LogP contribution in [0.25, 0.3) is 17.2 Å². The quantitative estimate of drug-likeness (QED) is 0.444. The summed E-state index contributed by atoms with van der Waals surface area (Å²) >= 11 is 0. The molecule has 8 nitrogen and oxygen atoms in total. The Labute approximate surface area is 205 Å². The lowest BCUT2D eigenvalue weighted by Gasteiger charge is -2.36. The van der Waals surface area contributed by atoms with Crippen LogP contribution < -0.4 is 9.64 Å².